The fourth-order valence-corrected chi connectivity index (χ4v) is 4.47. The lowest BCUT2D eigenvalue weighted by Gasteiger charge is -2.12. The van der Waals surface area contributed by atoms with E-state index in [2.05, 4.69) is 10.00 Å². The molecule has 170 valence electrons. The van der Waals surface area contributed by atoms with Crippen LogP contribution in [0.5, 0.6) is 0 Å². The molecule has 0 saturated carbocycles. The number of rotatable bonds is 7. The topological polar surface area (TPSA) is 103 Å². The van der Waals surface area contributed by atoms with Crippen molar-refractivity contribution >= 4 is 10.0 Å². The number of methoxy groups -OCH3 is 1. The van der Waals surface area contributed by atoms with Crippen molar-refractivity contribution in [1.29, 1.82) is 0 Å². The third-order valence-electron chi connectivity index (χ3n) is 5.57. The largest absolute Gasteiger partial charge is 0.380 e. The van der Waals surface area contributed by atoms with Gasteiger partial charge < -0.3 is 4.74 Å². The Kier molecular flexibility index (Phi) is 6.38. The molecule has 0 amide bonds. The summed E-state index contributed by atoms with van der Waals surface area (Å²) in [4.78, 5) is 6.61. The molecule has 32 heavy (non-hydrogen) atoms. The minimum Gasteiger partial charge on any atom is -0.380 e. The molecule has 1 aliphatic rings. The Bertz CT molecular complexity index is 1230. The molecule has 4 rings (SSSR count). The molecule has 2 N–H and O–H groups in total. The Morgan fingerprint density at radius 1 is 1.25 bits per heavy atom. The molecular formula is C22H26FN5O3S. The molecule has 0 aliphatic carbocycles. The first-order chi connectivity index (χ1) is 15.2. The molecule has 0 bridgehead atoms. The molecule has 1 aromatic heterocycles. The summed E-state index contributed by atoms with van der Waals surface area (Å²) in [6.07, 6.45) is 1.58. The van der Waals surface area contributed by atoms with Crippen molar-refractivity contribution in [3.05, 3.63) is 71.1 Å². The summed E-state index contributed by atoms with van der Waals surface area (Å²) in [5.41, 5.74) is 2.25. The van der Waals surface area contributed by atoms with Crippen molar-refractivity contribution in [3.8, 4) is 5.69 Å². The van der Waals surface area contributed by atoms with E-state index in [-0.39, 0.29) is 16.7 Å². The Morgan fingerprint density at radius 3 is 2.72 bits per heavy atom. The van der Waals surface area contributed by atoms with Crippen LogP contribution in [-0.2, 0) is 27.7 Å². The van der Waals surface area contributed by atoms with Crippen molar-refractivity contribution in [2.75, 3.05) is 20.2 Å². The van der Waals surface area contributed by atoms with Gasteiger partial charge >= 0.3 is 0 Å². The third-order valence-corrected chi connectivity index (χ3v) is 6.48. The summed E-state index contributed by atoms with van der Waals surface area (Å²) in [6, 6.07) is 11.5. The van der Waals surface area contributed by atoms with Gasteiger partial charge in [0.05, 0.1) is 17.5 Å². The van der Waals surface area contributed by atoms with Gasteiger partial charge in [-0.3, -0.25) is 4.90 Å². The van der Waals surface area contributed by atoms with Crippen LogP contribution >= 0.6 is 0 Å². The summed E-state index contributed by atoms with van der Waals surface area (Å²) in [5.74, 6) is 0.397. The van der Waals surface area contributed by atoms with Crippen molar-refractivity contribution in [2.45, 2.75) is 37.3 Å². The number of hydrogen-bond acceptors (Lipinski definition) is 6. The molecule has 2 heterocycles. The smallest absolute Gasteiger partial charge is 0.238 e. The number of halogens is 1. The third kappa shape index (κ3) is 5.04. The van der Waals surface area contributed by atoms with Crippen LogP contribution in [0, 0.1) is 12.7 Å². The molecule has 10 heteroatoms. The van der Waals surface area contributed by atoms with Gasteiger partial charge in [0.25, 0.3) is 0 Å². The van der Waals surface area contributed by atoms with Gasteiger partial charge in [0, 0.05) is 26.6 Å². The van der Waals surface area contributed by atoms with Gasteiger partial charge in [-0.2, -0.15) is 0 Å². The molecule has 1 fully saturated rings. The second kappa shape index (κ2) is 9.07. The first-order valence-electron chi connectivity index (χ1n) is 10.3. The maximum Gasteiger partial charge on any atom is 0.238 e. The number of benzene rings is 2. The molecular weight excluding hydrogens is 433 g/mol. The summed E-state index contributed by atoms with van der Waals surface area (Å²) in [5, 5.41) is 9.70. The highest BCUT2D eigenvalue weighted by Crippen LogP contribution is 2.21. The SMILES string of the molecule is CO[C@@H]1CCN(Cc2nc(Cc3cccc(C)c3)n(-c3ccc(S(N)(=O)=O)cc3F)n2)C1. The fraction of sp³-hybridized carbons (Fsp3) is 0.364. The van der Waals surface area contributed by atoms with Crippen LogP contribution in [0.15, 0.2) is 47.4 Å². The Labute approximate surface area is 186 Å². The molecule has 2 aromatic carbocycles. The van der Waals surface area contributed by atoms with Crippen LogP contribution in [0.2, 0.25) is 0 Å². The lowest BCUT2D eigenvalue weighted by Crippen LogP contribution is -2.23. The highest BCUT2D eigenvalue weighted by atomic mass is 32.2. The summed E-state index contributed by atoms with van der Waals surface area (Å²) < 4.78 is 45.0. The number of nitrogens with two attached hydrogens (primary N) is 1. The molecule has 0 spiro atoms. The summed E-state index contributed by atoms with van der Waals surface area (Å²) in [7, 11) is -2.31. The molecule has 3 aromatic rings. The van der Waals surface area contributed by atoms with Gasteiger partial charge in [-0.15, -0.1) is 5.10 Å². The zero-order valence-corrected chi connectivity index (χ0v) is 18.8. The lowest BCUT2D eigenvalue weighted by atomic mass is 10.1. The van der Waals surface area contributed by atoms with Gasteiger partial charge in [-0.25, -0.2) is 27.6 Å². The molecule has 0 unspecified atom stereocenters. The summed E-state index contributed by atoms with van der Waals surface area (Å²) in [6.45, 7) is 4.18. The van der Waals surface area contributed by atoms with Gasteiger partial charge in [0.2, 0.25) is 10.0 Å². The molecule has 1 saturated heterocycles. The highest BCUT2D eigenvalue weighted by molar-refractivity contribution is 7.89. The number of primary sulfonamides is 1. The number of aromatic nitrogens is 3. The van der Waals surface area contributed by atoms with E-state index in [9.17, 15) is 12.8 Å². The molecule has 0 radical (unpaired) electrons. The second-order valence-electron chi connectivity index (χ2n) is 8.06. The molecule has 1 atom stereocenters. The normalized spacial score (nSPS) is 17.2. The van der Waals surface area contributed by atoms with Crippen LogP contribution in [0.4, 0.5) is 4.39 Å². The van der Waals surface area contributed by atoms with Crippen LogP contribution < -0.4 is 5.14 Å². The maximum atomic E-state index is 14.9. The predicted octanol–water partition coefficient (Wildman–Crippen LogP) is 2.17. The van der Waals surface area contributed by atoms with Crippen LogP contribution in [0.1, 0.15) is 29.2 Å². The summed E-state index contributed by atoms with van der Waals surface area (Å²) >= 11 is 0. The van der Waals surface area contributed by atoms with E-state index in [1.807, 2.05) is 31.2 Å². The zero-order valence-electron chi connectivity index (χ0n) is 18.0. The van der Waals surface area contributed by atoms with Crippen molar-refractivity contribution in [1.82, 2.24) is 19.7 Å². The van der Waals surface area contributed by atoms with Gasteiger partial charge in [0.1, 0.15) is 17.3 Å². The second-order valence-corrected chi connectivity index (χ2v) is 9.62. The van der Waals surface area contributed by atoms with Crippen LogP contribution in [-0.4, -0.2) is 54.4 Å². The lowest BCUT2D eigenvalue weighted by molar-refractivity contribution is 0.107. The van der Waals surface area contributed by atoms with Crippen molar-refractivity contribution in [3.63, 3.8) is 0 Å². The van der Waals surface area contributed by atoms with Gasteiger partial charge in [-0.05, 0) is 37.1 Å². The van der Waals surface area contributed by atoms with E-state index in [0.29, 0.717) is 24.6 Å². The number of hydrogen-bond donors (Lipinski definition) is 1. The standard InChI is InChI=1S/C22H26FN5O3S/c1-15-4-3-5-16(10-15)11-22-25-21(14-27-9-8-17(13-27)31-2)26-28(22)20-7-6-18(12-19(20)23)32(24,29)30/h3-7,10,12,17H,8-9,11,13-14H2,1-2H3,(H2,24,29,30)/t17-/m1/s1. The van der Waals surface area contributed by atoms with Crippen molar-refractivity contribution in [2.24, 2.45) is 5.14 Å². The predicted molar refractivity (Wildman–Crippen MR) is 117 cm³/mol. The molecule has 8 nitrogen and oxygen atoms in total. The number of aryl methyl sites for hydroxylation is 1. The molecule has 1 aliphatic heterocycles. The minimum atomic E-state index is -4.01. The van der Waals surface area contributed by atoms with E-state index in [1.54, 1.807) is 7.11 Å². The first-order valence-corrected chi connectivity index (χ1v) is 11.9. The van der Waals surface area contributed by atoms with Crippen LogP contribution in [0.25, 0.3) is 5.69 Å². The monoisotopic (exact) mass is 459 g/mol. The minimum absolute atomic E-state index is 0.120. The van der Waals surface area contributed by atoms with E-state index >= 15 is 0 Å². The van der Waals surface area contributed by atoms with E-state index in [4.69, 9.17) is 14.9 Å². The van der Waals surface area contributed by atoms with E-state index in [1.165, 1.54) is 16.8 Å². The first kappa shape index (κ1) is 22.5. The Hall–Kier alpha value is -2.66. The average Bonchev–Trinajstić information content (AvgIpc) is 3.34. The van der Waals surface area contributed by atoms with Gasteiger partial charge in [0.15, 0.2) is 5.82 Å². The number of likely N-dealkylation sites (tertiary alicyclic amines) is 1. The number of sulfonamides is 1. The van der Waals surface area contributed by atoms with E-state index in [0.717, 1.165) is 36.7 Å². The number of nitrogens with zero attached hydrogens (tertiary/aromatic N) is 4. The number of ether oxygens (including phenoxy) is 1. The van der Waals surface area contributed by atoms with E-state index < -0.39 is 15.8 Å². The quantitative estimate of drug-likeness (QED) is 0.581. The Balaban J connectivity index is 1.70. The Morgan fingerprint density at radius 2 is 2.06 bits per heavy atom. The van der Waals surface area contributed by atoms with Crippen LogP contribution in [0.3, 0.4) is 0 Å². The average molecular weight is 460 g/mol. The fourth-order valence-electron chi connectivity index (χ4n) is 3.94. The van der Waals surface area contributed by atoms with Gasteiger partial charge in [-0.1, -0.05) is 29.8 Å². The van der Waals surface area contributed by atoms with Crippen molar-refractivity contribution < 1.29 is 17.5 Å². The maximum absolute atomic E-state index is 14.9. The highest BCUT2D eigenvalue weighted by Gasteiger charge is 2.24. The zero-order chi connectivity index (χ0) is 22.9.